The molecule has 0 aliphatic heterocycles. The maximum atomic E-state index is 13.5. The summed E-state index contributed by atoms with van der Waals surface area (Å²) in [6.45, 7) is 7.71. The van der Waals surface area contributed by atoms with Crippen LogP contribution in [-0.2, 0) is 4.79 Å². The Hall–Kier alpha value is -1.10. The summed E-state index contributed by atoms with van der Waals surface area (Å²) in [6.07, 6.45) is 1.98. The van der Waals surface area contributed by atoms with E-state index in [1.807, 2.05) is 13.8 Å². The van der Waals surface area contributed by atoms with E-state index in [-0.39, 0.29) is 17.8 Å². The number of rotatable bonds is 6. The Balaban J connectivity index is 2.68. The quantitative estimate of drug-likeness (QED) is 0.818. The van der Waals surface area contributed by atoms with Gasteiger partial charge in [0.05, 0.1) is 4.47 Å². The van der Waals surface area contributed by atoms with E-state index >= 15 is 0 Å². The molecule has 0 aromatic heterocycles. The highest BCUT2D eigenvalue weighted by Gasteiger charge is 2.16. The lowest BCUT2D eigenvalue weighted by Crippen LogP contribution is -2.42. The van der Waals surface area contributed by atoms with Crippen LogP contribution < -0.4 is 10.6 Å². The highest BCUT2D eigenvalue weighted by atomic mass is 79.9. The van der Waals surface area contributed by atoms with Crippen LogP contribution in [0.2, 0.25) is 0 Å². The fourth-order valence-electron chi connectivity index (χ4n) is 1.97. The molecule has 20 heavy (non-hydrogen) atoms. The molecule has 0 bridgehead atoms. The van der Waals surface area contributed by atoms with Gasteiger partial charge in [-0.1, -0.05) is 13.3 Å². The van der Waals surface area contributed by atoms with E-state index < -0.39 is 6.04 Å². The van der Waals surface area contributed by atoms with Gasteiger partial charge in [-0.3, -0.25) is 4.79 Å². The van der Waals surface area contributed by atoms with Crippen molar-refractivity contribution in [2.24, 2.45) is 0 Å². The molecule has 2 N–H and O–H groups in total. The SMILES string of the molecule is CCCC(C)NC(=O)C(C)Nc1cc(F)c(Br)cc1C. The maximum Gasteiger partial charge on any atom is 0.242 e. The molecular formula is C15H22BrFN2O. The molecule has 0 heterocycles. The minimum Gasteiger partial charge on any atom is -0.374 e. The van der Waals surface area contributed by atoms with E-state index in [0.29, 0.717) is 10.2 Å². The Labute approximate surface area is 128 Å². The lowest BCUT2D eigenvalue weighted by molar-refractivity contribution is -0.122. The number of nitrogens with one attached hydrogen (secondary N) is 2. The predicted molar refractivity (Wildman–Crippen MR) is 84.4 cm³/mol. The summed E-state index contributed by atoms with van der Waals surface area (Å²) in [4.78, 5) is 12.0. The van der Waals surface area contributed by atoms with Crippen LogP contribution in [0, 0.1) is 12.7 Å². The van der Waals surface area contributed by atoms with E-state index in [1.54, 1.807) is 13.0 Å². The van der Waals surface area contributed by atoms with Crippen molar-refractivity contribution in [1.29, 1.82) is 0 Å². The van der Waals surface area contributed by atoms with Gasteiger partial charge in [-0.25, -0.2) is 4.39 Å². The molecule has 5 heteroatoms. The van der Waals surface area contributed by atoms with Crippen molar-refractivity contribution in [3.8, 4) is 0 Å². The maximum absolute atomic E-state index is 13.5. The molecule has 0 spiro atoms. The normalized spacial score (nSPS) is 13.7. The van der Waals surface area contributed by atoms with Crippen molar-refractivity contribution in [3.63, 3.8) is 0 Å². The number of carbonyl (C=O) groups is 1. The molecule has 0 saturated carbocycles. The van der Waals surface area contributed by atoms with Gasteiger partial charge in [-0.2, -0.15) is 0 Å². The van der Waals surface area contributed by atoms with Crippen LogP contribution in [0.4, 0.5) is 10.1 Å². The molecule has 3 nitrogen and oxygen atoms in total. The van der Waals surface area contributed by atoms with Crippen LogP contribution in [-0.4, -0.2) is 18.0 Å². The first kappa shape index (κ1) is 17.0. The molecule has 0 fully saturated rings. The number of halogens is 2. The molecule has 0 aliphatic carbocycles. The van der Waals surface area contributed by atoms with Gasteiger partial charge in [-0.05, 0) is 60.8 Å². The van der Waals surface area contributed by atoms with Crippen LogP contribution >= 0.6 is 15.9 Å². The van der Waals surface area contributed by atoms with Crippen LogP contribution in [0.3, 0.4) is 0 Å². The Morgan fingerprint density at radius 2 is 2.05 bits per heavy atom. The first-order chi connectivity index (χ1) is 9.35. The zero-order chi connectivity index (χ0) is 15.3. The summed E-state index contributed by atoms with van der Waals surface area (Å²) in [5, 5.41) is 5.99. The average molecular weight is 345 g/mol. The Bertz CT molecular complexity index is 479. The third kappa shape index (κ3) is 4.78. The summed E-state index contributed by atoms with van der Waals surface area (Å²) in [7, 11) is 0. The van der Waals surface area contributed by atoms with Crippen molar-refractivity contribution in [2.45, 2.75) is 52.6 Å². The Morgan fingerprint density at radius 3 is 2.65 bits per heavy atom. The number of benzene rings is 1. The molecule has 1 rings (SSSR count). The van der Waals surface area contributed by atoms with Gasteiger partial charge < -0.3 is 10.6 Å². The average Bonchev–Trinajstić information content (AvgIpc) is 2.35. The third-order valence-electron chi connectivity index (χ3n) is 3.14. The lowest BCUT2D eigenvalue weighted by Gasteiger charge is -2.20. The molecule has 1 amide bonds. The third-order valence-corrected chi connectivity index (χ3v) is 3.75. The van der Waals surface area contributed by atoms with Gasteiger partial charge in [0.15, 0.2) is 0 Å². The molecule has 112 valence electrons. The number of amides is 1. The number of aryl methyl sites for hydroxylation is 1. The van der Waals surface area contributed by atoms with Gasteiger partial charge in [0.25, 0.3) is 0 Å². The molecule has 2 atom stereocenters. The lowest BCUT2D eigenvalue weighted by atomic mass is 10.1. The van der Waals surface area contributed by atoms with E-state index in [4.69, 9.17) is 0 Å². The largest absolute Gasteiger partial charge is 0.374 e. The zero-order valence-electron chi connectivity index (χ0n) is 12.4. The minimum absolute atomic E-state index is 0.0753. The van der Waals surface area contributed by atoms with Gasteiger partial charge in [0, 0.05) is 11.7 Å². The second-order valence-corrected chi connectivity index (χ2v) is 6.00. The van der Waals surface area contributed by atoms with Crippen LogP contribution in [0.25, 0.3) is 0 Å². The first-order valence-electron chi connectivity index (χ1n) is 6.87. The molecule has 0 aliphatic rings. The summed E-state index contributed by atoms with van der Waals surface area (Å²) in [6, 6.07) is 2.84. The number of hydrogen-bond acceptors (Lipinski definition) is 2. The topological polar surface area (TPSA) is 41.1 Å². The number of anilines is 1. The van der Waals surface area contributed by atoms with E-state index in [0.717, 1.165) is 18.4 Å². The van der Waals surface area contributed by atoms with Gasteiger partial charge >= 0.3 is 0 Å². The van der Waals surface area contributed by atoms with Gasteiger partial charge in [-0.15, -0.1) is 0 Å². The fourth-order valence-corrected chi connectivity index (χ4v) is 2.43. The second kappa shape index (κ2) is 7.62. The second-order valence-electron chi connectivity index (χ2n) is 5.15. The summed E-state index contributed by atoms with van der Waals surface area (Å²) < 4.78 is 14.0. The molecule has 2 unspecified atom stereocenters. The number of hydrogen-bond donors (Lipinski definition) is 2. The van der Waals surface area contributed by atoms with Crippen molar-refractivity contribution in [2.75, 3.05) is 5.32 Å². The predicted octanol–water partition coefficient (Wildman–Crippen LogP) is 4.00. The van der Waals surface area contributed by atoms with E-state index in [9.17, 15) is 9.18 Å². The molecule has 0 saturated heterocycles. The van der Waals surface area contributed by atoms with Crippen molar-refractivity contribution < 1.29 is 9.18 Å². The first-order valence-corrected chi connectivity index (χ1v) is 7.67. The zero-order valence-corrected chi connectivity index (χ0v) is 14.0. The van der Waals surface area contributed by atoms with E-state index in [2.05, 4.69) is 33.5 Å². The van der Waals surface area contributed by atoms with Crippen LogP contribution in [0.5, 0.6) is 0 Å². The van der Waals surface area contributed by atoms with Gasteiger partial charge in [0.2, 0.25) is 5.91 Å². The Morgan fingerprint density at radius 1 is 1.40 bits per heavy atom. The van der Waals surface area contributed by atoms with Crippen molar-refractivity contribution in [1.82, 2.24) is 5.32 Å². The molecular weight excluding hydrogens is 323 g/mol. The minimum atomic E-state index is -0.409. The summed E-state index contributed by atoms with van der Waals surface area (Å²) in [5.74, 6) is -0.418. The van der Waals surface area contributed by atoms with Crippen molar-refractivity contribution >= 4 is 27.5 Å². The van der Waals surface area contributed by atoms with Gasteiger partial charge in [0.1, 0.15) is 11.9 Å². The molecule has 1 aromatic rings. The standard InChI is InChI=1S/C15H22BrFN2O/c1-5-6-10(3)18-15(20)11(4)19-14-8-13(17)12(16)7-9(14)2/h7-8,10-11,19H,5-6H2,1-4H3,(H,18,20). The highest BCUT2D eigenvalue weighted by Crippen LogP contribution is 2.24. The highest BCUT2D eigenvalue weighted by molar-refractivity contribution is 9.10. The van der Waals surface area contributed by atoms with Crippen molar-refractivity contribution in [3.05, 3.63) is 28.0 Å². The molecule has 1 aromatic carbocycles. The fraction of sp³-hybridized carbons (Fsp3) is 0.533. The summed E-state index contributed by atoms with van der Waals surface area (Å²) in [5.41, 5.74) is 1.52. The van der Waals surface area contributed by atoms with Crippen LogP contribution in [0.15, 0.2) is 16.6 Å². The Kier molecular flexibility index (Phi) is 6.46. The van der Waals surface area contributed by atoms with E-state index in [1.165, 1.54) is 6.07 Å². The van der Waals surface area contributed by atoms with Crippen LogP contribution in [0.1, 0.15) is 39.2 Å². The summed E-state index contributed by atoms with van der Waals surface area (Å²) >= 11 is 3.14. The monoisotopic (exact) mass is 344 g/mol. The smallest absolute Gasteiger partial charge is 0.242 e. The number of carbonyl (C=O) groups excluding carboxylic acids is 1. The molecule has 0 radical (unpaired) electrons.